The standard InChI is InChI=1S/C11H18N2O2S.ClH/c1-3-16(14,15)8-7-12-9-11-5-4-6-13-10(11)2;/h4-6,12H,3,7-9H2,1-2H3;1H. The molecule has 1 rings (SSSR count). The number of pyridine rings is 1. The summed E-state index contributed by atoms with van der Waals surface area (Å²) in [5.74, 6) is 0.406. The lowest BCUT2D eigenvalue weighted by Gasteiger charge is -2.06. The Kier molecular flexibility index (Phi) is 7.34. The van der Waals surface area contributed by atoms with E-state index in [0.717, 1.165) is 11.3 Å². The maximum absolute atomic E-state index is 11.2. The van der Waals surface area contributed by atoms with Crippen molar-refractivity contribution in [2.24, 2.45) is 0 Å². The van der Waals surface area contributed by atoms with Crippen LogP contribution in [-0.2, 0) is 16.4 Å². The van der Waals surface area contributed by atoms with Crippen molar-refractivity contribution in [1.29, 1.82) is 0 Å². The Morgan fingerprint density at radius 1 is 1.41 bits per heavy atom. The third-order valence-corrected chi connectivity index (χ3v) is 4.17. The minimum Gasteiger partial charge on any atom is -0.312 e. The van der Waals surface area contributed by atoms with Gasteiger partial charge < -0.3 is 5.32 Å². The number of aryl methyl sites for hydroxylation is 1. The van der Waals surface area contributed by atoms with Gasteiger partial charge in [-0.25, -0.2) is 8.42 Å². The maximum Gasteiger partial charge on any atom is 0.151 e. The molecular formula is C11H19ClN2O2S. The van der Waals surface area contributed by atoms with Crippen LogP contribution in [0.15, 0.2) is 18.3 Å². The van der Waals surface area contributed by atoms with E-state index in [2.05, 4.69) is 10.3 Å². The van der Waals surface area contributed by atoms with Crippen molar-refractivity contribution < 1.29 is 8.42 Å². The zero-order chi connectivity index (χ0) is 12.0. The molecule has 4 nitrogen and oxygen atoms in total. The minimum atomic E-state index is -2.86. The molecule has 1 aromatic rings. The molecule has 0 aliphatic carbocycles. The topological polar surface area (TPSA) is 59.1 Å². The zero-order valence-corrected chi connectivity index (χ0v) is 11.8. The second-order valence-corrected chi connectivity index (χ2v) is 6.13. The van der Waals surface area contributed by atoms with Crippen molar-refractivity contribution in [3.8, 4) is 0 Å². The van der Waals surface area contributed by atoms with Crippen LogP contribution in [0.3, 0.4) is 0 Å². The van der Waals surface area contributed by atoms with Gasteiger partial charge in [0.1, 0.15) is 0 Å². The number of hydrogen-bond acceptors (Lipinski definition) is 4. The van der Waals surface area contributed by atoms with Gasteiger partial charge in [-0.05, 0) is 18.6 Å². The van der Waals surface area contributed by atoms with Gasteiger partial charge in [0, 0.05) is 30.7 Å². The first-order valence-electron chi connectivity index (χ1n) is 5.37. The average Bonchev–Trinajstić information content (AvgIpc) is 2.27. The highest BCUT2D eigenvalue weighted by molar-refractivity contribution is 7.91. The summed E-state index contributed by atoms with van der Waals surface area (Å²) in [6, 6.07) is 3.87. The van der Waals surface area contributed by atoms with E-state index < -0.39 is 9.84 Å². The summed E-state index contributed by atoms with van der Waals surface area (Å²) in [6.07, 6.45) is 1.75. The van der Waals surface area contributed by atoms with Crippen molar-refractivity contribution >= 4 is 22.2 Å². The average molecular weight is 279 g/mol. The van der Waals surface area contributed by atoms with Gasteiger partial charge in [0.2, 0.25) is 0 Å². The number of halogens is 1. The summed E-state index contributed by atoms with van der Waals surface area (Å²) in [4.78, 5) is 4.16. The molecule has 1 N–H and O–H groups in total. The summed E-state index contributed by atoms with van der Waals surface area (Å²) in [7, 11) is -2.86. The summed E-state index contributed by atoms with van der Waals surface area (Å²) in [5, 5.41) is 3.11. The largest absolute Gasteiger partial charge is 0.312 e. The number of hydrogen-bond donors (Lipinski definition) is 1. The van der Waals surface area contributed by atoms with Gasteiger partial charge in [-0.1, -0.05) is 13.0 Å². The molecule has 6 heteroatoms. The number of aromatic nitrogens is 1. The molecule has 0 spiro atoms. The van der Waals surface area contributed by atoms with Gasteiger partial charge in [0.15, 0.2) is 9.84 Å². The predicted molar refractivity (Wildman–Crippen MR) is 72.3 cm³/mol. The van der Waals surface area contributed by atoms with Crippen molar-refractivity contribution in [2.45, 2.75) is 20.4 Å². The molecule has 0 radical (unpaired) electrons. The molecule has 17 heavy (non-hydrogen) atoms. The fourth-order valence-electron chi connectivity index (χ4n) is 1.30. The van der Waals surface area contributed by atoms with Gasteiger partial charge in [-0.15, -0.1) is 12.4 Å². The van der Waals surface area contributed by atoms with Crippen LogP contribution in [0, 0.1) is 6.92 Å². The Bertz CT molecular complexity index is 435. The second-order valence-electron chi connectivity index (χ2n) is 3.66. The van der Waals surface area contributed by atoms with Gasteiger partial charge in [0.25, 0.3) is 0 Å². The van der Waals surface area contributed by atoms with Crippen LogP contribution in [0.5, 0.6) is 0 Å². The van der Waals surface area contributed by atoms with Crippen LogP contribution in [-0.4, -0.2) is 31.5 Å². The molecular weight excluding hydrogens is 260 g/mol. The van der Waals surface area contributed by atoms with Crippen LogP contribution < -0.4 is 5.32 Å². The summed E-state index contributed by atoms with van der Waals surface area (Å²) < 4.78 is 22.5. The van der Waals surface area contributed by atoms with Crippen LogP contribution >= 0.6 is 12.4 Å². The van der Waals surface area contributed by atoms with Gasteiger partial charge in [-0.3, -0.25) is 4.98 Å². The second kappa shape index (κ2) is 7.63. The predicted octanol–water partition coefficient (Wildman–Crippen LogP) is 1.34. The zero-order valence-electron chi connectivity index (χ0n) is 10.1. The lowest BCUT2D eigenvalue weighted by molar-refractivity contribution is 0.591. The van der Waals surface area contributed by atoms with E-state index in [1.807, 2.05) is 19.1 Å². The molecule has 0 aliphatic heterocycles. The normalized spacial score (nSPS) is 10.9. The van der Waals surface area contributed by atoms with E-state index in [4.69, 9.17) is 0 Å². The molecule has 1 heterocycles. The van der Waals surface area contributed by atoms with Crippen molar-refractivity contribution in [3.63, 3.8) is 0 Å². The number of nitrogens with one attached hydrogen (secondary N) is 1. The first kappa shape index (κ1) is 16.4. The monoisotopic (exact) mass is 278 g/mol. The number of rotatable bonds is 6. The highest BCUT2D eigenvalue weighted by Crippen LogP contribution is 2.02. The van der Waals surface area contributed by atoms with Crippen LogP contribution in [0.2, 0.25) is 0 Å². The van der Waals surface area contributed by atoms with Crippen molar-refractivity contribution in [2.75, 3.05) is 18.1 Å². The SMILES string of the molecule is CCS(=O)(=O)CCNCc1cccnc1C.Cl. The Labute approximate surface area is 109 Å². The summed E-state index contributed by atoms with van der Waals surface area (Å²) in [6.45, 7) is 4.77. The molecule has 98 valence electrons. The van der Waals surface area contributed by atoms with Crippen molar-refractivity contribution in [1.82, 2.24) is 10.3 Å². The van der Waals surface area contributed by atoms with Crippen LogP contribution in [0.1, 0.15) is 18.2 Å². The van der Waals surface area contributed by atoms with E-state index in [1.165, 1.54) is 0 Å². The highest BCUT2D eigenvalue weighted by atomic mass is 35.5. The Balaban J connectivity index is 0.00000256. The molecule has 0 aliphatic rings. The number of nitrogens with zero attached hydrogens (tertiary/aromatic N) is 1. The van der Waals surface area contributed by atoms with E-state index in [1.54, 1.807) is 13.1 Å². The van der Waals surface area contributed by atoms with Crippen LogP contribution in [0.25, 0.3) is 0 Å². The lowest BCUT2D eigenvalue weighted by Crippen LogP contribution is -2.23. The van der Waals surface area contributed by atoms with E-state index >= 15 is 0 Å². The highest BCUT2D eigenvalue weighted by Gasteiger charge is 2.06. The quantitative estimate of drug-likeness (QED) is 0.798. The molecule has 0 atom stereocenters. The van der Waals surface area contributed by atoms with Crippen LogP contribution in [0.4, 0.5) is 0 Å². The Morgan fingerprint density at radius 3 is 2.71 bits per heavy atom. The summed E-state index contributed by atoms with van der Waals surface area (Å²) >= 11 is 0. The molecule has 0 unspecified atom stereocenters. The lowest BCUT2D eigenvalue weighted by atomic mass is 10.2. The Morgan fingerprint density at radius 2 is 2.12 bits per heavy atom. The van der Waals surface area contributed by atoms with Gasteiger partial charge in [-0.2, -0.15) is 0 Å². The smallest absolute Gasteiger partial charge is 0.151 e. The Hall–Kier alpha value is -0.650. The molecule has 0 fully saturated rings. The molecule has 0 aromatic carbocycles. The summed E-state index contributed by atoms with van der Waals surface area (Å²) in [5.41, 5.74) is 2.09. The molecule has 0 bridgehead atoms. The van der Waals surface area contributed by atoms with Crippen molar-refractivity contribution in [3.05, 3.63) is 29.6 Å². The minimum absolute atomic E-state index is 0. The van der Waals surface area contributed by atoms with E-state index in [-0.39, 0.29) is 23.9 Å². The third-order valence-electron chi connectivity index (χ3n) is 2.46. The van der Waals surface area contributed by atoms with E-state index in [9.17, 15) is 8.42 Å². The number of sulfone groups is 1. The third kappa shape index (κ3) is 6.00. The molecule has 0 amide bonds. The van der Waals surface area contributed by atoms with Gasteiger partial charge >= 0.3 is 0 Å². The van der Waals surface area contributed by atoms with E-state index in [0.29, 0.717) is 13.1 Å². The first-order chi connectivity index (χ1) is 7.55. The molecule has 0 saturated carbocycles. The maximum atomic E-state index is 11.2. The first-order valence-corrected chi connectivity index (χ1v) is 7.19. The fraction of sp³-hybridized carbons (Fsp3) is 0.545. The molecule has 0 saturated heterocycles. The van der Waals surface area contributed by atoms with Gasteiger partial charge in [0.05, 0.1) is 5.75 Å². The molecule has 1 aromatic heterocycles. The fourth-order valence-corrected chi connectivity index (χ4v) is 2.04.